The molecule has 2 N–H and O–H groups in total. The summed E-state index contributed by atoms with van der Waals surface area (Å²) in [5, 5.41) is 21.3. The van der Waals surface area contributed by atoms with E-state index in [1.165, 1.54) is 5.56 Å². The predicted octanol–water partition coefficient (Wildman–Crippen LogP) is 4.89. The fraction of sp³-hybridized carbons (Fsp3) is 0.348. The Morgan fingerprint density at radius 3 is 2.82 bits per heavy atom. The second-order valence-electron chi connectivity index (χ2n) is 7.27. The van der Waals surface area contributed by atoms with Gasteiger partial charge in [0.25, 0.3) is 0 Å². The number of ether oxygens (including phenoxy) is 1. The normalized spacial score (nSPS) is 14.6. The molecule has 0 amide bonds. The molecule has 0 spiro atoms. The molecule has 4 rings (SSSR count). The van der Waals surface area contributed by atoms with Gasteiger partial charge in [0.15, 0.2) is 0 Å². The van der Waals surface area contributed by atoms with Crippen LogP contribution in [-0.4, -0.2) is 28.4 Å². The minimum absolute atomic E-state index is 0.344. The molecular weight excluding hydrogens is 418 g/mol. The third-order valence-electron chi connectivity index (χ3n) is 5.45. The first-order valence-corrected chi connectivity index (χ1v) is 10.5. The average Bonchev–Trinajstić information content (AvgIpc) is 2.71. The van der Waals surface area contributed by atoms with Crippen LogP contribution in [0.5, 0.6) is 5.75 Å². The maximum absolute atomic E-state index is 10.6. The summed E-state index contributed by atoms with van der Waals surface area (Å²) in [6, 6.07) is 10.4. The van der Waals surface area contributed by atoms with Gasteiger partial charge in [-0.05, 0) is 72.7 Å². The molecule has 3 aromatic rings. The van der Waals surface area contributed by atoms with Crippen molar-refractivity contribution in [3.63, 3.8) is 0 Å². The van der Waals surface area contributed by atoms with Gasteiger partial charge in [0.2, 0.25) is 0 Å². The van der Waals surface area contributed by atoms with Crippen LogP contribution in [-0.2, 0) is 12.8 Å². The summed E-state index contributed by atoms with van der Waals surface area (Å²) in [5.41, 5.74) is 6.67. The van der Waals surface area contributed by atoms with E-state index in [0.29, 0.717) is 5.56 Å². The van der Waals surface area contributed by atoms with E-state index in [0.717, 1.165) is 69.4 Å². The van der Waals surface area contributed by atoms with Crippen molar-refractivity contribution in [2.24, 2.45) is 0 Å². The van der Waals surface area contributed by atoms with Crippen molar-refractivity contribution in [3.05, 3.63) is 57.2 Å². The van der Waals surface area contributed by atoms with Gasteiger partial charge in [-0.3, -0.25) is 4.98 Å². The summed E-state index contributed by atoms with van der Waals surface area (Å²) in [6.45, 7) is 4.43. The first-order valence-electron chi connectivity index (χ1n) is 9.71. The number of halogens is 1. The standard InChI is InChI=1S/C23H24BrNO3/c1-3-14-10-17(24)11-18-22(21(19(27)12-26)13(2)25-23(14)18)16-6-7-20-15(9-16)5-4-8-28-20/h6-7,9-11,19,26-27H,3-5,8,12H2,1-2H3/t19-/m1/s1. The van der Waals surface area contributed by atoms with E-state index in [1.807, 2.05) is 19.1 Å². The molecule has 0 saturated heterocycles. The monoisotopic (exact) mass is 441 g/mol. The molecule has 1 aromatic heterocycles. The number of pyridine rings is 1. The van der Waals surface area contributed by atoms with Crippen molar-refractivity contribution in [1.29, 1.82) is 0 Å². The molecule has 0 unspecified atom stereocenters. The van der Waals surface area contributed by atoms with Crippen LogP contribution in [0.3, 0.4) is 0 Å². The maximum Gasteiger partial charge on any atom is 0.122 e. The molecule has 1 atom stereocenters. The number of aliphatic hydroxyl groups excluding tert-OH is 2. The zero-order valence-corrected chi connectivity index (χ0v) is 17.7. The lowest BCUT2D eigenvalue weighted by atomic mass is 9.89. The largest absolute Gasteiger partial charge is 0.493 e. The number of nitrogens with zero attached hydrogens (tertiary/aromatic N) is 1. The lowest BCUT2D eigenvalue weighted by molar-refractivity contribution is 0.0953. The average molecular weight is 442 g/mol. The highest BCUT2D eigenvalue weighted by atomic mass is 79.9. The van der Waals surface area contributed by atoms with Crippen molar-refractivity contribution in [2.75, 3.05) is 13.2 Å². The van der Waals surface area contributed by atoms with Gasteiger partial charge in [-0.1, -0.05) is 28.9 Å². The summed E-state index contributed by atoms with van der Waals surface area (Å²) in [5.74, 6) is 0.935. The van der Waals surface area contributed by atoms with E-state index < -0.39 is 6.10 Å². The van der Waals surface area contributed by atoms with Crippen LogP contribution in [0.4, 0.5) is 0 Å². The first-order chi connectivity index (χ1) is 13.5. The third kappa shape index (κ3) is 3.32. The van der Waals surface area contributed by atoms with Crippen molar-refractivity contribution in [1.82, 2.24) is 4.98 Å². The zero-order chi connectivity index (χ0) is 19.8. The fourth-order valence-corrected chi connectivity index (χ4v) is 4.63. The van der Waals surface area contributed by atoms with E-state index in [1.54, 1.807) is 0 Å². The number of hydrogen-bond donors (Lipinski definition) is 2. The van der Waals surface area contributed by atoms with Crippen LogP contribution in [0.15, 0.2) is 34.8 Å². The number of rotatable bonds is 4. The summed E-state index contributed by atoms with van der Waals surface area (Å²) < 4.78 is 6.75. The van der Waals surface area contributed by atoms with Crippen LogP contribution in [0.2, 0.25) is 0 Å². The number of aromatic nitrogens is 1. The molecule has 0 bridgehead atoms. The molecule has 1 aliphatic heterocycles. The van der Waals surface area contributed by atoms with Crippen LogP contribution >= 0.6 is 15.9 Å². The van der Waals surface area contributed by atoms with E-state index in [-0.39, 0.29) is 6.61 Å². The van der Waals surface area contributed by atoms with Gasteiger partial charge in [-0.2, -0.15) is 0 Å². The molecule has 146 valence electrons. The van der Waals surface area contributed by atoms with Gasteiger partial charge in [0.05, 0.1) is 18.7 Å². The molecule has 1 aliphatic rings. The van der Waals surface area contributed by atoms with E-state index in [9.17, 15) is 10.2 Å². The van der Waals surface area contributed by atoms with Gasteiger partial charge in [-0.25, -0.2) is 0 Å². The molecule has 0 radical (unpaired) electrons. The van der Waals surface area contributed by atoms with Crippen LogP contribution in [0, 0.1) is 6.92 Å². The Hall–Kier alpha value is -1.95. The Kier molecular flexibility index (Phi) is 5.41. The third-order valence-corrected chi connectivity index (χ3v) is 5.90. The Balaban J connectivity index is 2.08. The summed E-state index contributed by atoms with van der Waals surface area (Å²) in [4.78, 5) is 4.81. The molecule has 0 aliphatic carbocycles. The molecule has 2 heterocycles. The SMILES string of the molecule is CCc1cc(Br)cc2c(-c3ccc4c(c3)CCCO4)c([C@H](O)CO)c(C)nc12. The smallest absolute Gasteiger partial charge is 0.122 e. The van der Waals surface area contributed by atoms with Gasteiger partial charge < -0.3 is 14.9 Å². The fourth-order valence-electron chi connectivity index (χ4n) is 4.13. The Morgan fingerprint density at radius 1 is 1.25 bits per heavy atom. The zero-order valence-electron chi connectivity index (χ0n) is 16.1. The van der Waals surface area contributed by atoms with E-state index in [4.69, 9.17) is 9.72 Å². The summed E-state index contributed by atoms with van der Waals surface area (Å²) >= 11 is 3.63. The highest BCUT2D eigenvalue weighted by molar-refractivity contribution is 9.10. The number of aliphatic hydroxyl groups is 2. The number of aryl methyl sites for hydroxylation is 3. The molecule has 4 nitrogen and oxygen atoms in total. The van der Waals surface area contributed by atoms with Gasteiger partial charge >= 0.3 is 0 Å². The summed E-state index contributed by atoms with van der Waals surface area (Å²) in [6.07, 6.45) is 1.86. The molecule has 0 fully saturated rings. The molecule has 2 aromatic carbocycles. The number of hydrogen-bond acceptors (Lipinski definition) is 4. The summed E-state index contributed by atoms with van der Waals surface area (Å²) in [7, 11) is 0. The predicted molar refractivity (Wildman–Crippen MR) is 115 cm³/mol. The Bertz CT molecular complexity index is 1050. The van der Waals surface area contributed by atoms with Gasteiger partial charge in [0, 0.05) is 21.1 Å². The molecular formula is C23H24BrNO3. The minimum Gasteiger partial charge on any atom is -0.493 e. The topological polar surface area (TPSA) is 62.6 Å². The highest BCUT2D eigenvalue weighted by Gasteiger charge is 2.23. The van der Waals surface area contributed by atoms with E-state index in [2.05, 4.69) is 41.1 Å². The van der Waals surface area contributed by atoms with Crippen molar-refractivity contribution >= 4 is 26.8 Å². The minimum atomic E-state index is -0.983. The van der Waals surface area contributed by atoms with Crippen molar-refractivity contribution in [2.45, 2.75) is 39.2 Å². The number of benzene rings is 2. The number of fused-ring (bicyclic) bond motifs is 2. The molecule has 5 heteroatoms. The quantitative estimate of drug-likeness (QED) is 0.604. The van der Waals surface area contributed by atoms with Gasteiger partial charge in [-0.15, -0.1) is 0 Å². The Labute approximate surface area is 173 Å². The lowest BCUT2D eigenvalue weighted by Crippen LogP contribution is -2.11. The lowest BCUT2D eigenvalue weighted by Gasteiger charge is -2.22. The van der Waals surface area contributed by atoms with Crippen molar-refractivity contribution in [3.8, 4) is 16.9 Å². The highest BCUT2D eigenvalue weighted by Crippen LogP contribution is 2.40. The van der Waals surface area contributed by atoms with Crippen LogP contribution < -0.4 is 4.74 Å². The van der Waals surface area contributed by atoms with E-state index >= 15 is 0 Å². The van der Waals surface area contributed by atoms with Gasteiger partial charge in [0.1, 0.15) is 11.9 Å². The Morgan fingerprint density at radius 2 is 2.07 bits per heavy atom. The second-order valence-corrected chi connectivity index (χ2v) is 8.19. The maximum atomic E-state index is 10.6. The van der Waals surface area contributed by atoms with Crippen molar-refractivity contribution < 1.29 is 14.9 Å². The van der Waals surface area contributed by atoms with Crippen LogP contribution in [0.1, 0.15) is 41.8 Å². The van der Waals surface area contributed by atoms with Crippen LogP contribution in [0.25, 0.3) is 22.0 Å². The molecule has 0 saturated carbocycles. The second kappa shape index (κ2) is 7.82. The first kappa shape index (κ1) is 19.4. The molecule has 28 heavy (non-hydrogen) atoms.